The molecule has 3 atom stereocenters. The zero-order valence-corrected chi connectivity index (χ0v) is 13.8. The molecule has 2 aromatic rings. The molecule has 134 valence electrons. The van der Waals surface area contributed by atoms with Crippen LogP contribution in [-0.2, 0) is 0 Å². The van der Waals surface area contributed by atoms with Crippen LogP contribution in [0.5, 0.6) is 0 Å². The monoisotopic (exact) mass is 348 g/mol. The lowest BCUT2D eigenvalue weighted by Gasteiger charge is -2.34. The molecule has 1 aliphatic carbocycles. The molecular formula is C16H21FN6O2. The molecule has 8 nitrogen and oxygen atoms in total. The molecule has 0 radical (unpaired) electrons. The first-order valence-electron chi connectivity index (χ1n) is 8.10. The molecule has 25 heavy (non-hydrogen) atoms. The van der Waals surface area contributed by atoms with Crippen molar-refractivity contribution >= 4 is 17.4 Å². The van der Waals surface area contributed by atoms with Gasteiger partial charge in [-0.1, -0.05) is 0 Å². The van der Waals surface area contributed by atoms with Gasteiger partial charge in [0, 0.05) is 30.2 Å². The third-order valence-corrected chi connectivity index (χ3v) is 4.48. The predicted octanol–water partition coefficient (Wildman–Crippen LogP) is 0.934. The van der Waals surface area contributed by atoms with Gasteiger partial charge in [-0.15, -0.1) is 0 Å². The van der Waals surface area contributed by atoms with Gasteiger partial charge in [0.05, 0.1) is 12.1 Å². The molecule has 0 spiro atoms. The quantitative estimate of drug-likeness (QED) is 0.597. The normalized spacial score (nSPS) is 23.4. The maximum absolute atomic E-state index is 13.3. The molecule has 1 fully saturated rings. The van der Waals surface area contributed by atoms with Gasteiger partial charge in [0.15, 0.2) is 5.82 Å². The summed E-state index contributed by atoms with van der Waals surface area (Å²) in [5.41, 5.74) is 6.10. The largest absolute Gasteiger partial charge is 0.393 e. The number of anilines is 2. The number of nitrogens with one attached hydrogen (secondary N) is 2. The highest BCUT2D eigenvalue weighted by Crippen LogP contribution is 2.30. The topological polar surface area (TPSA) is 118 Å². The number of amides is 1. The summed E-state index contributed by atoms with van der Waals surface area (Å²) in [7, 11) is 1.83. The molecule has 1 amide bonds. The van der Waals surface area contributed by atoms with Crippen LogP contribution in [0.15, 0.2) is 24.5 Å². The van der Waals surface area contributed by atoms with Crippen molar-refractivity contribution in [1.29, 1.82) is 0 Å². The number of nitrogens with zero attached hydrogens (tertiary/aromatic N) is 3. The fourth-order valence-corrected chi connectivity index (χ4v) is 3.21. The summed E-state index contributed by atoms with van der Waals surface area (Å²) in [4.78, 5) is 15.3. The Balaban J connectivity index is 1.90. The zero-order chi connectivity index (χ0) is 18.0. The second kappa shape index (κ2) is 7.16. The van der Waals surface area contributed by atoms with Gasteiger partial charge in [-0.2, -0.15) is 9.49 Å². The van der Waals surface area contributed by atoms with Crippen LogP contribution >= 0.6 is 0 Å². The molecule has 1 saturated carbocycles. The van der Waals surface area contributed by atoms with Crippen molar-refractivity contribution in [2.45, 2.75) is 37.5 Å². The van der Waals surface area contributed by atoms with E-state index in [0.717, 1.165) is 6.42 Å². The van der Waals surface area contributed by atoms with E-state index in [1.807, 2.05) is 7.05 Å². The highest BCUT2D eigenvalue weighted by Gasteiger charge is 2.31. The number of nitrogens with two attached hydrogens (primary N) is 1. The number of rotatable bonds is 5. The van der Waals surface area contributed by atoms with Gasteiger partial charge in [0.1, 0.15) is 5.56 Å². The lowest BCUT2D eigenvalue weighted by atomic mass is 9.88. The van der Waals surface area contributed by atoms with E-state index in [9.17, 15) is 14.3 Å². The standard InChI is InChI=1S/C16H21FN6O2/c1-19-12-7-10(24)2-3-13(12)23-8-11(15(18)25)16(22-23)21-9-4-5-20-14(17)6-9/h4-6,8,10,12-13,19,24H,2-3,7H2,1H3,(H2,18,25)(H,20,21,22). The number of halogens is 1. The van der Waals surface area contributed by atoms with Gasteiger partial charge in [-0.05, 0) is 32.4 Å². The molecule has 2 heterocycles. The smallest absolute Gasteiger partial charge is 0.254 e. The van der Waals surface area contributed by atoms with Crippen molar-refractivity contribution in [3.63, 3.8) is 0 Å². The summed E-state index contributed by atoms with van der Waals surface area (Å²) < 4.78 is 14.9. The number of carbonyl (C=O) groups is 1. The summed E-state index contributed by atoms with van der Waals surface area (Å²) in [6.45, 7) is 0. The third-order valence-electron chi connectivity index (χ3n) is 4.48. The molecule has 1 aliphatic rings. The van der Waals surface area contributed by atoms with E-state index in [4.69, 9.17) is 5.73 Å². The molecule has 2 aromatic heterocycles. The number of hydrogen-bond acceptors (Lipinski definition) is 6. The first-order valence-corrected chi connectivity index (χ1v) is 8.10. The Bertz CT molecular complexity index is 765. The van der Waals surface area contributed by atoms with Crippen molar-refractivity contribution in [1.82, 2.24) is 20.1 Å². The first-order chi connectivity index (χ1) is 12.0. The van der Waals surface area contributed by atoms with Crippen LogP contribution in [0.1, 0.15) is 35.7 Å². The number of primary amides is 1. The highest BCUT2D eigenvalue weighted by molar-refractivity contribution is 5.98. The Kier molecular flexibility index (Phi) is 4.95. The SMILES string of the molecule is CNC1CC(O)CCC1n1cc(C(N)=O)c(Nc2ccnc(F)c2)n1. The second-order valence-electron chi connectivity index (χ2n) is 6.16. The minimum absolute atomic E-state index is 0.0174. The molecule has 9 heteroatoms. The fraction of sp³-hybridized carbons (Fsp3) is 0.438. The maximum Gasteiger partial charge on any atom is 0.254 e. The van der Waals surface area contributed by atoms with E-state index in [1.54, 1.807) is 16.9 Å². The molecule has 0 aromatic carbocycles. The Morgan fingerprint density at radius 3 is 2.96 bits per heavy atom. The summed E-state index contributed by atoms with van der Waals surface area (Å²) >= 11 is 0. The Morgan fingerprint density at radius 2 is 2.28 bits per heavy atom. The van der Waals surface area contributed by atoms with E-state index in [-0.39, 0.29) is 29.6 Å². The minimum atomic E-state index is -0.637. The summed E-state index contributed by atoms with van der Waals surface area (Å²) in [5, 5.41) is 20.4. The van der Waals surface area contributed by atoms with Gasteiger partial charge in [0.2, 0.25) is 5.95 Å². The fourth-order valence-electron chi connectivity index (χ4n) is 3.21. The number of hydrogen-bond donors (Lipinski definition) is 4. The Hall–Kier alpha value is -2.52. The molecule has 3 unspecified atom stereocenters. The average Bonchev–Trinajstić information content (AvgIpc) is 2.98. The number of pyridine rings is 1. The van der Waals surface area contributed by atoms with Crippen LogP contribution in [0.2, 0.25) is 0 Å². The van der Waals surface area contributed by atoms with E-state index in [2.05, 4.69) is 20.7 Å². The summed E-state index contributed by atoms with van der Waals surface area (Å²) in [5.74, 6) is -0.999. The number of likely N-dealkylation sites (N-methyl/N-ethyl adjacent to an activating group) is 1. The van der Waals surface area contributed by atoms with Gasteiger partial charge >= 0.3 is 0 Å². The van der Waals surface area contributed by atoms with Crippen LogP contribution in [0.4, 0.5) is 15.9 Å². The average molecular weight is 348 g/mol. The van der Waals surface area contributed by atoms with Gasteiger partial charge in [-0.3, -0.25) is 9.48 Å². The predicted molar refractivity (Wildman–Crippen MR) is 90.0 cm³/mol. The van der Waals surface area contributed by atoms with Gasteiger partial charge in [-0.25, -0.2) is 4.98 Å². The third kappa shape index (κ3) is 3.77. The lowest BCUT2D eigenvalue weighted by molar-refractivity contribution is 0.0856. The van der Waals surface area contributed by atoms with Crippen LogP contribution in [0, 0.1) is 5.95 Å². The van der Waals surface area contributed by atoms with E-state index < -0.39 is 11.9 Å². The van der Waals surface area contributed by atoms with Crippen LogP contribution in [0.25, 0.3) is 0 Å². The van der Waals surface area contributed by atoms with E-state index >= 15 is 0 Å². The van der Waals surface area contributed by atoms with Crippen molar-refractivity contribution in [2.75, 3.05) is 12.4 Å². The molecule has 0 aliphatic heterocycles. The van der Waals surface area contributed by atoms with Crippen LogP contribution < -0.4 is 16.4 Å². The zero-order valence-electron chi connectivity index (χ0n) is 13.8. The van der Waals surface area contributed by atoms with Crippen LogP contribution in [-0.4, -0.2) is 45.0 Å². The molecular weight excluding hydrogens is 327 g/mol. The van der Waals surface area contributed by atoms with Crippen molar-refractivity contribution < 1.29 is 14.3 Å². The molecule has 0 bridgehead atoms. The summed E-state index contributed by atoms with van der Waals surface area (Å²) in [6.07, 6.45) is 4.54. The number of aromatic nitrogens is 3. The summed E-state index contributed by atoms with van der Waals surface area (Å²) in [6, 6.07) is 2.78. The van der Waals surface area contributed by atoms with Crippen molar-refractivity contribution in [3.8, 4) is 0 Å². The Morgan fingerprint density at radius 1 is 1.48 bits per heavy atom. The maximum atomic E-state index is 13.3. The second-order valence-corrected chi connectivity index (χ2v) is 6.16. The molecule has 3 rings (SSSR count). The number of aliphatic hydroxyl groups is 1. The van der Waals surface area contributed by atoms with Crippen molar-refractivity contribution in [3.05, 3.63) is 36.0 Å². The van der Waals surface area contributed by atoms with Gasteiger partial charge < -0.3 is 21.5 Å². The van der Waals surface area contributed by atoms with Gasteiger partial charge in [0.25, 0.3) is 5.91 Å². The first kappa shape index (κ1) is 17.3. The number of aliphatic hydroxyl groups excluding tert-OH is 1. The molecule has 5 N–H and O–H groups in total. The Labute approximate surface area is 144 Å². The van der Waals surface area contributed by atoms with Crippen molar-refractivity contribution in [2.24, 2.45) is 5.73 Å². The lowest BCUT2D eigenvalue weighted by Crippen LogP contribution is -2.42. The minimum Gasteiger partial charge on any atom is -0.393 e. The number of carbonyl (C=O) groups excluding carboxylic acids is 1. The van der Waals surface area contributed by atoms with Crippen LogP contribution in [0.3, 0.4) is 0 Å². The van der Waals surface area contributed by atoms with E-state index in [1.165, 1.54) is 12.3 Å². The molecule has 0 saturated heterocycles. The highest BCUT2D eigenvalue weighted by atomic mass is 19.1. The van der Waals surface area contributed by atoms with E-state index in [0.29, 0.717) is 18.5 Å².